The number of hydrogen-bond acceptors (Lipinski definition) is 3. The van der Waals surface area contributed by atoms with Gasteiger partial charge in [-0.15, -0.1) is 11.3 Å². The lowest BCUT2D eigenvalue weighted by Gasteiger charge is -1.96. The van der Waals surface area contributed by atoms with Crippen LogP contribution in [0.5, 0.6) is 0 Å². The molecule has 2 aromatic rings. The topological polar surface area (TPSA) is 33.1 Å². The number of rotatable bonds is 1. The van der Waals surface area contributed by atoms with Crippen LogP contribution in [0.1, 0.15) is 10.4 Å². The summed E-state index contributed by atoms with van der Waals surface area (Å²) in [7, 11) is 0. The van der Waals surface area contributed by atoms with Crippen molar-refractivity contribution in [2.45, 2.75) is 13.5 Å². The van der Waals surface area contributed by atoms with Gasteiger partial charge in [-0.25, -0.2) is 4.98 Å². The highest BCUT2D eigenvalue weighted by molar-refractivity contribution is 7.19. The predicted octanol–water partition coefficient (Wildman–Crippen LogP) is 2.75. The van der Waals surface area contributed by atoms with Crippen LogP contribution >= 0.6 is 22.9 Å². The van der Waals surface area contributed by atoms with Crippen molar-refractivity contribution in [2.24, 2.45) is 0 Å². The SMILES string of the molecule is Cc1c(Cl)ncc2cc(CO)sc12. The number of aryl methyl sites for hydroxylation is 1. The number of halogens is 1. The van der Waals surface area contributed by atoms with Crippen LogP contribution in [0.25, 0.3) is 10.1 Å². The summed E-state index contributed by atoms with van der Waals surface area (Å²) in [6.45, 7) is 2.02. The van der Waals surface area contributed by atoms with Crippen molar-refractivity contribution in [3.63, 3.8) is 0 Å². The summed E-state index contributed by atoms with van der Waals surface area (Å²) in [6.07, 6.45) is 1.74. The van der Waals surface area contributed by atoms with Crippen molar-refractivity contribution in [3.8, 4) is 0 Å². The predicted molar refractivity (Wildman–Crippen MR) is 55.3 cm³/mol. The molecule has 0 saturated carbocycles. The van der Waals surface area contributed by atoms with Crippen molar-refractivity contribution in [2.75, 3.05) is 0 Å². The quantitative estimate of drug-likeness (QED) is 0.739. The van der Waals surface area contributed by atoms with Crippen molar-refractivity contribution in [1.82, 2.24) is 4.98 Å². The zero-order valence-electron chi connectivity index (χ0n) is 7.04. The van der Waals surface area contributed by atoms with Gasteiger partial charge in [-0.2, -0.15) is 0 Å². The number of aliphatic hydroxyl groups excluding tert-OH is 1. The number of aromatic nitrogens is 1. The second kappa shape index (κ2) is 3.25. The van der Waals surface area contributed by atoms with Gasteiger partial charge in [-0.05, 0) is 13.0 Å². The first-order chi connectivity index (χ1) is 6.22. The lowest BCUT2D eigenvalue weighted by Crippen LogP contribution is -1.79. The first-order valence-corrected chi connectivity index (χ1v) is 5.06. The second-order valence-electron chi connectivity index (χ2n) is 2.83. The van der Waals surface area contributed by atoms with E-state index in [0.29, 0.717) is 5.15 Å². The van der Waals surface area contributed by atoms with Gasteiger partial charge in [0.25, 0.3) is 0 Å². The van der Waals surface area contributed by atoms with Gasteiger partial charge < -0.3 is 5.11 Å². The van der Waals surface area contributed by atoms with Crippen LogP contribution in [-0.4, -0.2) is 10.1 Å². The van der Waals surface area contributed by atoms with Gasteiger partial charge in [-0.3, -0.25) is 0 Å². The first kappa shape index (κ1) is 8.94. The van der Waals surface area contributed by atoms with Crippen molar-refractivity contribution < 1.29 is 5.11 Å². The molecule has 2 nitrogen and oxygen atoms in total. The lowest BCUT2D eigenvalue weighted by atomic mass is 10.2. The minimum atomic E-state index is 0.0798. The lowest BCUT2D eigenvalue weighted by molar-refractivity contribution is 0.285. The van der Waals surface area contributed by atoms with Gasteiger partial charge in [-0.1, -0.05) is 11.6 Å². The van der Waals surface area contributed by atoms with Crippen LogP contribution in [-0.2, 0) is 6.61 Å². The molecule has 0 fully saturated rings. The van der Waals surface area contributed by atoms with E-state index in [-0.39, 0.29) is 6.61 Å². The van der Waals surface area contributed by atoms with Gasteiger partial charge in [0.2, 0.25) is 0 Å². The summed E-state index contributed by atoms with van der Waals surface area (Å²) in [5.41, 5.74) is 0.990. The summed E-state index contributed by atoms with van der Waals surface area (Å²) in [5, 5.41) is 10.5. The number of fused-ring (bicyclic) bond motifs is 1. The third-order valence-corrected chi connectivity index (χ3v) is 3.57. The smallest absolute Gasteiger partial charge is 0.133 e. The third kappa shape index (κ3) is 1.43. The number of nitrogens with zero attached hydrogens (tertiary/aromatic N) is 1. The highest BCUT2D eigenvalue weighted by Crippen LogP contribution is 2.30. The highest BCUT2D eigenvalue weighted by Gasteiger charge is 2.06. The molecule has 4 heteroatoms. The molecule has 0 aliphatic heterocycles. The Kier molecular flexibility index (Phi) is 2.24. The van der Waals surface area contributed by atoms with Crippen LogP contribution in [0.2, 0.25) is 5.15 Å². The molecular weight excluding hydrogens is 206 g/mol. The van der Waals surface area contributed by atoms with E-state index in [4.69, 9.17) is 16.7 Å². The van der Waals surface area contributed by atoms with E-state index in [1.807, 2.05) is 13.0 Å². The fourth-order valence-corrected chi connectivity index (χ4v) is 2.43. The molecule has 13 heavy (non-hydrogen) atoms. The fraction of sp³-hybridized carbons (Fsp3) is 0.222. The Bertz CT molecular complexity index is 452. The molecule has 0 aliphatic carbocycles. The average molecular weight is 214 g/mol. The Balaban J connectivity index is 2.76. The molecular formula is C9H8ClNOS. The number of hydrogen-bond donors (Lipinski definition) is 1. The summed E-state index contributed by atoms with van der Waals surface area (Å²) in [5.74, 6) is 0. The van der Waals surface area contributed by atoms with Crippen molar-refractivity contribution in [1.29, 1.82) is 0 Å². The number of thiophene rings is 1. The van der Waals surface area contributed by atoms with E-state index >= 15 is 0 Å². The van der Waals surface area contributed by atoms with E-state index in [9.17, 15) is 0 Å². The number of pyridine rings is 1. The molecule has 0 unspecified atom stereocenters. The Labute approximate surface area is 84.8 Å². The Morgan fingerprint density at radius 1 is 1.62 bits per heavy atom. The highest BCUT2D eigenvalue weighted by atomic mass is 35.5. The maximum atomic E-state index is 8.96. The zero-order valence-corrected chi connectivity index (χ0v) is 8.61. The van der Waals surface area contributed by atoms with Gasteiger partial charge >= 0.3 is 0 Å². The Morgan fingerprint density at radius 3 is 3.08 bits per heavy atom. The minimum absolute atomic E-state index is 0.0798. The molecule has 0 spiro atoms. The molecule has 0 radical (unpaired) electrons. The third-order valence-electron chi connectivity index (χ3n) is 1.93. The molecule has 0 bridgehead atoms. The molecule has 2 rings (SSSR count). The maximum absolute atomic E-state index is 8.96. The number of aliphatic hydroxyl groups is 1. The summed E-state index contributed by atoms with van der Waals surface area (Å²) in [4.78, 5) is 4.99. The first-order valence-electron chi connectivity index (χ1n) is 3.86. The fourth-order valence-electron chi connectivity index (χ4n) is 1.24. The minimum Gasteiger partial charge on any atom is -0.391 e. The standard InChI is InChI=1S/C9H8ClNOS/c1-5-8-6(3-11-9(5)10)2-7(4-12)13-8/h2-3,12H,4H2,1H3. The van der Waals surface area contributed by atoms with Gasteiger partial charge in [0.05, 0.1) is 6.61 Å². The molecule has 2 aromatic heterocycles. The molecule has 68 valence electrons. The van der Waals surface area contributed by atoms with E-state index in [1.165, 1.54) is 0 Å². The molecule has 2 heterocycles. The van der Waals surface area contributed by atoms with Crippen LogP contribution in [0.15, 0.2) is 12.3 Å². The average Bonchev–Trinajstić information content (AvgIpc) is 2.55. The van der Waals surface area contributed by atoms with Crippen LogP contribution in [0, 0.1) is 6.92 Å². The van der Waals surface area contributed by atoms with Gasteiger partial charge in [0, 0.05) is 26.7 Å². The molecule has 0 saturated heterocycles. The normalized spacial score (nSPS) is 11.0. The van der Waals surface area contributed by atoms with Crippen LogP contribution < -0.4 is 0 Å². The summed E-state index contributed by atoms with van der Waals surface area (Å²) in [6, 6.07) is 1.94. The van der Waals surface area contributed by atoms with Gasteiger partial charge in [0.15, 0.2) is 0 Å². The van der Waals surface area contributed by atoms with E-state index in [2.05, 4.69) is 4.98 Å². The van der Waals surface area contributed by atoms with Crippen molar-refractivity contribution in [3.05, 3.63) is 27.9 Å². The van der Waals surface area contributed by atoms with Gasteiger partial charge in [0.1, 0.15) is 5.15 Å². The van der Waals surface area contributed by atoms with Crippen LogP contribution in [0.3, 0.4) is 0 Å². The summed E-state index contributed by atoms with van der Waals surface area (Å²) >= 11 is 7.44. The molecule has 0 amide bonds. The molecule has 0 atom stereocenters. The largest absolute Gasteiger partial charge is 0.391 e. The second-order valence-corrected chi connectivity index (χ2v) is 4.32. The Morgan fingerprint density at radius 2 is 2.38 bits per heavy atom. The van der Waals surface area contributed by atoms with E-state index in [0.717, 1.165) is 20.5 Å². The molecule has 0 aromatic carbocycles. The Hall–Kier alpha value is -0.640. The van der Waals surface area contributed by atoms with E-state index < -0.39 is 0 Å². The molecule has 1 N–H and O–H groups in total. The van der Waals surface area contributed by atoms with E-state index in [1.54, 1.807) is 17.5 Å². The maximum Gasteiger partial charge on any atom is 0.133 e. The zero-order chi connectivity index (χ0) is 9.42. The molecule has 0 aliphatic rings. The summed E-state index contributed by atoms with van der Waals surface area (Å²) < 4.78 is 1.11. The monoisotopic (exact) mass is 213 g/mol. The van der Waals surface area contributed by atoms with Crippen molar-refractivity contribution >= 4 is 33.0 Å². The van der Waals surface area contributed by atoms with Crippen LogP contribution in [0.4, 0.5) is 0 Å².